The van der Waals surface area contributed by atoms with E-state index in [1.165, 1.54) is 5.56 Å². The van der Waals surface area contributed by atoms with Gasteiger partial charge in [-0.25, -0.2) is 4.79 Å². The van der Waals surface area contributed by atoms with Crippen LogP contribution in [-0.4, -0.2) is 34.8 Å². The Morgan fingerprint density at radius 1 is 1.00 bits per heavy atom. The Labute approximate surface area is 198 Å². The third kappa shape index (κ3) is 5.35. The van der Waals surface area contributed by atoms with Gasteiger partial charge in [0, 0.05) is 23.0 Å². The second-order valence-electron chi connectivity index (χ2n) is 8.52. The molecule has 1 amide bonds. The molecule has 1 heterocycles. The molecule has 0 bridgehead atoms. The van der Waals surface area contributed by atoms with Gasteiger partial charge in [-0.15, -0.1) is 0 Å². The SMILES string of the molecule is CC(C)c1ccc(NC(=O)COCCc2cn(-c3ccccc3)c3ccc(C(=O)O)cc23)cc1. The number of ether oxygens (including phenoxy) is 1. The Bertz CT molecular complexity index is 1290. The summed E-state index contributed by atoms with van der Waals surface area (Å²) in [6.45, 7) is 4.54. The van der Waals surface area contributed by atoms with Crippen LogP contribution >= 0.6 is 0 Å². The van der Waals surface area contributed by atoms with Crippen molar-refractivity contribution in [3.8, 4) is 5.69 Å². The van der Waals surface area contributed by atoms with Crippen LogP contribution in [-0.2, 0) is 16.0 Å². The van der Waals surface area contributed by atoms with E-state index in [4.69, 9.17) is 4.74 Å². The summed E-state index contributed by atoms with van der Waals surface area (Å²) < 4.78 is 7.68. The van der Waals surface area contributed by atoms with Gasteiger partial charge in [-0.2, -0.15) is 0 Å². The van der Waals surface area contributed by atoms with Crippen LogP contribution in [0.5, 0.6) is 0 Å². The number of carbonyl (C=O) groups excluding carboxylic acids is 1. The fraction of sp³-hybridized carbons (Fsp3) is 0.214. The summed E-state index contributed by atoms with van der Waals surface area (Å²) in [6.07, 6.45) is 2.56. The van der Waals surface area contributed by atoms with Crippen molar-refractivity contribution in [2.75, 3.05) is 18.5 Å². The summed E-state index contributed by atoms with van der Waals surface area (Å²) in [5.41, 5.74) is 5.08. The highest BCUT2D eigenvalue weighted by atomic mass is 16.5. The molecule has 0 radical (unpaired) electrons. The van der Waals surface area contributed by atoms with Crippen LogP contribution in [0.2, 0.25) is 0 Å². The summed E-state index contributed by atoms with van der Waals surface area (Å²) in [6, 6.07) is 22.8. The van der Waals surface area contributed by atoms with Gasteiger partial charge in [-0.05, 0) is 65.9 Å². The van der Waals surface area contributed by atoms with Gasteiger partial charge in [-0.3, -0.25) is 4.79 Å². The van der Waals surface area contributed by atoms with Crippen molar-refractivity contribution >= 4 is 28.5 Å². The lowest BCUT2D eigenvalue weighted by atomic mass is 10.0. The van der Waals surface area contributed by atoms with Crippen molar-refractivity contribution in [3.05, 3.63) is 95.7 Å². The molecule has 34 heavy (non-hydrogen) atoms. The fourth-order valence-corrected chi connectivity index (χ4v) is 3.93. The molecule has 0 fully saturated rings. The molecule has 3 aromatic carbocycles. The van der Waals surface area contributed by atoms with Crippen LogP contribution in [0.25, 0.3) is 16.6 Å². The van der Waals surface area contributed by atoms with Gasteiger partial charge in [-0.1, -0.05) is 44.2 Å². The van der Waals surface area contributed by atoms with Crippen LogP contribution in [0.15, 0.2) is 79.0 Å². The molecule has 1 aromatic heterocycles. The summed E-state index contributed by atoms with van der Waals surface area (Å²) in [4.78, 5) is 23.8. The van der Waals surface area contributed by atoms with Gasteiger partial charge >= 0.3 is 5.97 Å². The normalized spacial score (nSPS) is 11.1. The van der Waals surface area contributed by atoms with Crippen LogP contribution in [0.3, 0.4) is 0 Å². The lowest BCUT2D eigenvalue weighted by molar-refractivity contribution is -0.120. The minimum absolute atomic E-state index is 0.0520. The van der Waals surface area contributed by atoms with E-state index >= 15 is 0 Å². The van der Waals surface area contributed by atoms with Crippen molar-refractivity contribution in [2.45, 2.75) is 26.2 Å². The van der Waals surface area contributed by atoms with Gasteiger partial charge < -0.3 is 19.7 Å². The fourth-order valence-electron chi connectivity index (χ4n) is 3.93. The van der Waals surface area contributed by atoms with E-state index in [1.807, 2.05) is 71.4 Å². The summed E-state index contributed by atoms with van der Waals surface area (Å²) in [5.74, 6) is -0.737. The average Bonchev–Trinajstić information content (AvgIpc) is 3.20. The standard InChI is InChI=1S/C28H28N2O4/c1-19(2)20-8-11-23(12-9-20)29-27(31)18-34-15-14-22-17-30(24-6-4-3-5-7-24)26-13-10-21(28(32)33)16-25(22)26/h3-13,16-17,19H,14-15,18H2,1-2H3,(H,29,31)(H,32,33). The molecule has 0 aliphatic rings. The molecule has 0 aliphatic heterocycles. The van der Waals surface area contributed by atoms with Crippen molar-refractivity contribution in [3.63, 3.8) is 0 Å². The molecule has 174 valence electrons. The number of carboxylic acids is 1. The number of hydrogen-bond acceptors (Lipinski definition) is 3. The first-order chi connectivity index (χ1) is 16.4. The predicted octanol–water partition coefficient (Wildman–Crippen LogP) is 5.65. The molecule has 4 aromatic rings. The number of nitrogens with zero attached hydrogens (tertiary/aromatic N) is 1. The summed E-state index contributed by atoms with van der Waals surface area (Å²) in [7, 11) is 0. The third-order valence-electron chi connectivity index (χ3n) is 5.78. The zero-order valence-electron chi connectivity index (χ0n) is 19.3. The van der Waals surface area contributed by atoms with Gasteiger partial charge in [0.15, 0.2) is 0 Å². The molecule has 0 spiro atoms. The molecule has 4 rings (SSSR count). The van der Waals surface area contributed by atoms with E-state index in [1.54, 1.807) is 12.1 Å². The maximum atomic E-state index is 12.3. The second kappa shape index (κ2) is 10.4. The topological polar surface area (TPSA) is 80.6 Å². The van der Waals surface area contributed by atoms with E-state index in [0.717, 1.165) is 27.8 Å². The summed E-state index contributed by atoms with van der Waals surface area (Å²) in [5, 5.41) is 13.1. The molecule has 2 N–H and O–H groups in total. The molecule has 6 nitrogen and oxygen atoms in total. The quantitative estimate of drug-likeness (QED) is 0.319. The lowest BCUT2D eigenvalue weighted by Crippen LogP contribution is -2.19. The first-order valence-corrected chi connectivity index (χ1v) is 11.3. The lowest BCUT2D eigenvalue weighted by Gasteiger charge is -2.09. The minimum Gasteiger partial charge on any atom is -0.478 e. The molecule has 0 aliphatic carbocycles. The number of aromatic nitrogens is 1. The number of anilines is 1. The van der Waals surface area contributed by atoms with Crippen molar-refractivity contribution in [2.24, 2.45) is 0 Å². The van der Waals surface area contributed by atoms with Gasteiger partial charge in [0.05, 0.1) is 17.7 Å². The number of nitrogens with one attached hydrogen (secondary N) is 1. The van der Waals surface area contributed by atoms with E-state index in [2.05, 4.69) is 19.2 Å². The van der Waals surface area contributed by atoms with Crippen LogP contribution in [0, 0.1) is 0 Å². The molecule has 0 saturated heterocycles. The first kappa shape index (κ1) is 23.3. The highest BCUT2D eigenvalue weighted by Crippen LogP contribution is 2.27. The van der Waals surface area contributed by atoms with Crippen molar-refractivity contribution in [1.82, 2.24) is 4.57 Å². The predicted molar refractivity (Wildman–Crippen MR) is 134 cm³/mol. The van der Waals surface area contributed by atoms with Crippen LogP contribution < -0.4 is 5.32 Å². The largest absolute Gasteiger partial charge is 0.478 e. The Kier molecular flexibility index (Phi) is 7.09. The highest BCUT2D eigenvalue weighted by Gasteiger charge is 2.13. The minimum atomic E-state index is -0.963. The molecular formula is C28H28N2O4. The van der Waals surface area contributed by atoms with E-state index < -0.39 is 5.97 Å². The Balaban J connectivity index is 1.42. The number of benzene rings is 3. The van der Waals surface area contributed by atoms with Gasteiger partial charge in [0.1, 0.15) is 6.61 Å². The maximum Gasteiger partial charge on any atom is 0.335 e. The number of amides is 1. The number of para-hydroxylation sites is 1. The Morgan fingerprint density at radius 2 is 1.74 bits per heavy atom. The zero-order chi connectivity index (χ0) is 24.1. The smallest absolute Gasteiger partial charge is 0.335 e. The molecule has 0 saturated carbocycles. The van der Waals surface area contributed by atoms with E-state index in [-0.39, 0.29) is 18.1 Å². The number of fused-ring (bicyclic) bond motifs is 1. The van der Waals surface area contributed by atoms with Gasteiger partial charge in [0.25, 0.3) is 0 Å². The van der Waals surface area contributed by atoms with Crippen molar-refractivity contribution < 1.29 is 19.4 Å². The monoisotopic (exact) mass is 456 g/mol. The van der Waals surface area contributed by atoms with E-state index in [9.17, 15) is 14.7 Å². The maximum absolute atomic E-state index is 12.3. The molecule has 0 unspecified atom stereocenters. The van der Waals surface area contributed by atoms with Crippen molar-refractivity contribution in [1.29, 1.82) is 0 Å². The number of carbonyl (C=O) groups is 2. The first-order valence-electron chi connectivity index (χ1n) is 11.3. The van der Waals surface area contributed by atoms with E-state index in [0.29, 0.717) is 18.9 Å². The number of rotatable bonds is 9. The van der Waals surface area contributed by atoms with Gasteiger partial charge in [0.2, 0.25) is 5.91 Å². The number of aromatic carboxylic acids is 1. The van der Waals surface area contributed by atoms with Crippen LogP contribution in [0.1, 0.15) is 41.3 Å². The second-order valence-corrected chi connectivity index (χ2v) is 8.52. The Morgan fingerprint density at radius 3 is 2.41 bits per heavy atom. The summed E-state index contributed by atoms with van der Waals surface area (Å²) >= 11 is 0. The number of carboxylic acid groups (broad SMARTS) is 1. The third-order valence-corrected chi connectivity index (χ3v) is 5.78. The molecule has 0 atom stereocenters. The average molecular weight is 457 g/mol. The Hall–Kier alpha value is -3.90. The number of hydrogen-bond donors (Lipinski definition) is 2. The highest BCUT2D eigenvalue weighted by molar-refractivity contribution is 5.95. The van der Waals surface area contributed by atoms with Crippen LogP contribution in [0.4, 0.5) is 5.69 Å². The molecular weight excluding hydrogens is 428 g/mol. The molecule has 6 heteroatoms. The zero-order valence-corrected chi connectivity index (χ0v) is 19.3.